The Labute approximate surface area is 83.9 Å². The first-order valence-corrected chi connectivity index (χ1v) is 5.67. The molecule has 1 heterocycles. The van der Waals surface area contributed by atoms with Crippen LogP contribution in [0.25, 0.3) is 0 Å². The fourth-order valence-corrected chi connectivity index (χ4v) is 1.78. The van der Waals surface area contributed by atoms with Gasteiger partial charge in [0.25, 0.3) is 0 Å². The maximum atomic E-state index is 5.91. The Hall–Kier alpha value is -0.540. The fraction of sp³-hybridized carbons (Fsp3) is 0.500. The average molecular weight is 196 g/mol. The minimum absolute atomic E-state index is 0.127. The molecule has 72 valence electrons. The van der Waals surface area contributed by atoms with Crippen molar-refractivity contribution in [2.75, 3.05) is 6.26 Å². The molecule has 0 spiro atoms. The lowest BCUT2D eigenvalue weighted by Gasteiger charge is -2.10. The molecule has 1 aromatic heterocycles. The zero-order valence-corrected chi connectivity index (χ0v) is 9.19. The van der Waals surface area contributed by atoms with Crippen molar-refractivity contribution in [2.24, 2.45) is 5.73 Å². The number of thioether (sulfide) groups is 1. The summed E-state index contributed by atoms with van der Waals surface area (Å²) in [5, 5.41) is 1.09. The predicted molar refractivity (Wildman–Crippen MR) is 58.0 cm³/mol. The van der Waals surface area contributed by atoms with E-state index in [1.165, 1.54) is 5.56 Å². The first-order valence-electron chi connectivity index (χ1n) is 4.45. The molecule has 0 aliphatic carbocycles. The van der Waals surface area contributed by atoms with Gasteiger partial charge in [-0.1, -0.05) is 13.0 Å². The number of rotatable bonds is 3. The maximum absolute atomic E-state index is 5.91. The smallest absolute Gasteiger partial charge is 0.0986 e. The quantitative estimate of drug-likeness (QED) is 0.755. The third-order valence-electron chi connectivity index (χ3n) is 2.11. The van der Waals surface area contributed by atoms with Crippen LogP contribution in [0, 0.1) is 6.92 Å². The lowest BCUT2D eigenvalue weighted by molar-refractivity contribution is 0.691. The van der Waals surface area contributed by atoms with Gasteiger partial charge >= 0.3 is 0 Å². The summed E-state index contributed by atoms with van der Waals surface area (Å²) < 4.78 is 0. The number of pyridine rings is 1. The zero-order chi connectivity index (χ0) is 9.84. The van der Waals surface area contributed by atoms with Gasteiger partial charge < -0.3 is 5.73 Å². The highest BCUT2D eigenvalue weighted by Gasteiger charge is 2.05. The highest BCUT2D eigenvalue weighted by atomic mass is 32.2. The van der Waals surface area contributed by atoms with Crippen LogP contribution < -0.4 is 5.73 Å². The lowest BCUT2D eigenvalue weighted by atomic mass is 10.1. The van der Waals surface area contributed by atoms with Crippen LogP contribution >= 0.6 is 11.8 Å². The second kappa shape index (κ2) is 4.63. The lowest BCUT2D eigenvalue weighted by Crippen LogP contribution is -2.09. The fourth-order valence-electron chi connectivity index (χ4n) is 1.24. The molecule has 0 aliphatic rings. The summed E-state index contributed by atoms with van der Waals surface area (Å²) in [6, 6.07) is 2.26. The first kappa shape index (κ1) is 10.5. The molecular formula is C10H16N2S. The molecule has 0 aromatic carbocycles. The van der Waals surface area contributed by atoms with Gasteiger partial charge in [-0.05, 0) is 30.7 Å². The van der Waals surface area contributed by atoms with Crippen molar-refractivity contribution in [1.82, 2.24) is 4.98 Å². The zero-order valence-electron chi connectivity index (χ0n) is 8.37. The van der Waals surface area contributed by atoms with E-state index in [0.717, 1.165) is 17.0 Å². The normalized spacial score (nSPS) is 12.9. The van der Waals surface area contributed by atoms with Crippen molar-refractivity contribution in [3.63, 3.8) is 0 Å². The van der Waals surface area contributed by atoms with Crippen LogP contribution in [0.5, 0.6) is 0 Å². The first-order chi connectivity index (χ1) is 6.19. The monoisotopic (exact) mass is 196 g/mol. The van der Waals surface area contributed by atoms with E-state index in [-0.39, 0.29) is 6.04 Å². The number of hydrogen-bond donors (Lipinski definition) is 1. The Morgan fingerprint density at radius 1 is 1.62 bits per heavy atom. The Morgan fingerprint density at radius 3 is 2.77 bits per heavy atom. The van der Waals surface area contributed by atoms with Gasteiger partial charge in [0.1, 0.15) is 0 Å². The maximum Gasteiger partial charge on any atom is 0.0986 e. The van der Waals surface area contributed by atoms with E-state index in [2.05, 4.69) is 24.9 Å². The van der Waals surface area contributed by atoms with Crippen LogP contribution in [0.15, 0.2) is 17.3 Å². The van der Waals surface area contributed by atoms with E-state index in [9.17, 15) is 0 Å². The van der Waals surface area contributed by atoms with Crippen molar-refractivity contribution in [3.05, 3.63) is 23.4 Å². The van der Waals surface area contributed by atoms with Crippen molar-refractivity contribution < 1.29 is 0 Å². The molecule has 0 radical (unpaired) electrons. The Kier molecular flexibility index (Phi) is 3.75. The number of aryl methyl sites for hydroxylation is 1. The summed E-state index contributed by atoms with van der Waals surface area (Å²) >= 11 is 1.67. The van der Waals surface area contributed by atoms with Crippen molar-refractivity contribution in [1.29, 1.82) is 0 Å². The molecule has 1 aromatic rings. The summed E-state index contributed by atoms with van der Waals surface area (Å²) in [5.41, 5.74) is 8.26. The SMILES string of the molecule is CCC(N)c1cnc(SC)c(C)c1. The van der Waals surface area contributed by atoms with E-state index in [4.69, 9.17) is 5.73 Å². The Balaban J connectivity index is 2.95. The highest BCUT2D eigenvalue weighted by molar-refractivity contribution is 7.98. The van der Waals surface area contributed by atoms with Crippen molar-refractivity contribution in [3.8, 4) is 0 Å². The van der Waals surface area contributed by atoms with Gasteiger partial charge in [-0.2, -0.15) is 0 Å². The molecule has 13 heavy (non-hydrogen) atoms. The van der Waals surface area contributed by atoms with E-state index in [0.29, 0.717) is 0 Å². The Morgan fingerprint density at radius 2 is 2.31 bits per heavy atom. The third-order valence-corrected chi connectivity index (χ3v) is 2.93. The van der Waals surface area contributed by atoms with Gasteiger partial charge in [0.2, 0.25) is 0 Å². The van der Waals surface area contributed by atoms with Crippen LogP contribution in [0.4, 0.5) is 0 Å². The molecule has 0 amide bonds. The predicted octanol–water partition coefficient (Wildman–Crippen LogP) is 2.52. The van der Waals surface area contributed by atoms with E-state index in [1.807, 2.05) is 12.5 Å². The second-order valence-corrected chi connectivity index (χ2v) is 3.90. The van der Waals surface area contributed by atoms with Gasteiger partial charge in [-0.15, -0.1) is 11.8 Å². The van der Waals surface area contributed by atoms with E-state index < -0.39 is 0 Å². The summed E-state index contributed by atoms with van der Waals surface area (Å²) in [6.07, 6.45) is 4.88. The minimum Gasteiger partial charge on any atom is -0.324 e. The van der Waals surface area contributed by atoms with Crippen molar-refractivity contribution >= 4 is 11.8 Å². The molecule has 2 nitrogen and oxygen atoms in total. The molecule has 0 saturated carbocycles. The van der Waals surface area contributed by atoms with Gasteiger partial charge in [-0.3, -0.25) is 0 Å². The van der Waals surface area contributed by atoms with E-state index in [1.54, 1.807) is 11.8 Å². The second-order valence-electron chi connectivity index (χ2n) is 3.11. The van der Waals surface area contributed by atoms with Crippen LogP contribution in [0.3, 0.4) is 0 Å². The molecule has 3 heteroatoms. The van der Waals surface area contributed by atoms with Crippen molar-refractivity contribution in [2.45, 2.75) is 31.3 Å². The van der Waals surface area contributed by atoms with Gasteiger partial charge in [0.05, 0.1) is 5.03 Å². The standard InChI is InChI=1S/C10H16N2S/c1-4-9(11)8-5-7(2)10(13-3)12-6-8/h5-6,9H,4,11H2,1-3H3. The molecule has 1 unspecified atom stereocenters. The number of nitrogens with zero attached hydrogens (tertiary/aromatic N) is 1. The van der Waals surface area contributed by atoms with Gasteiger partial charge in [0, 0.05) is 12.2 Å². The van der Waals surface area contributed by atoms with Gasteiger partial charge in [0.15, 0.2) is 0 Å². The molecule has 0 fully saturated rings. The minimum atomic E-state index is 0.127. The Bertz CT molecular complexity index is 286. The molecule has 0 saturated heterocycles. The molecular weight excluding hydrogens is 180 g/mol. The molecule has 1 rings (SSSR count). The molecule has 2 N–H and O–H groups in total. The van der Waals surface area contributed by atoms with Crippen LogP contribution in [0.1, 0.15) is 30.5 Å². The topological polar surface area (TPSA) is 38.9 Å². The van der Waals surface area contributed by atoms with Crippen LogP contribution in [0.2, 0.25) is 0 Å². The third kappa shape index (κ3) is 2.45. The average Bonchev–Trinajstić information content (AvgIpc) is 2.16. The largest absolute Gasteiger partial charge is 0.324 e. The number of aromatic nitrogens is 1. The van der Waals surface area contributed by atoms with Crippen LogP contribution in [-0.4, -0.2) is 11.2 Å². The summed E-state index contributed by atoms with van der Waals surface area (Å²) in [4.78, 5) is 4.35. The van der Waals surface area contributed by atoms with Gasteiger partial charge in [-0.25, -0.2) is 4.98 Å². The molecule has 0 bridgehead atoms. The highest BCUT2D eigenvalue weighted by Crippen LogP contribution is 2.20. The van der Waals surface area contributed by atoms with Crippen LogP contribution in [-0.2, 0) is 0 Å². The number of hydrogen-bond acceptors (Lipinski definition) is 3. The van der Waals surface area contributed by atoms with E-state index >= 15 is 0 Å². The summed E-state index contributed by atoms with van der Waals surface area (Å²) in [6.45, 7) is 4.16. The molecule has 0 aliphatic heterocycles. The number of nitrogens with two attached hydrogens (primary N) is 1. The summed E-state index contributed by atoms with van der Waals surface area (Å²) in [7, 11) is 0. The summed E-state index contributed by atoms with van der Waals surface area (Å²) in [5.74, 6) is 0. The molecule has 1 atom stereocenters.